The monoisotopic (exact) mass is 322 g/mol. The second-order valence-corrected chi connectivity index (χ2v) is 5.77. The van der Waals surface area contributed by atoms with Gasteiger partial charge in [0.25, 0.3) is 0 Å². The molecule has 2 aromatic heterocycles. The molecule has 120 valence electrons. The Morgan fingerprint density at radius 3 is 3.21 bits per heavy atom. The lowest BCUT2D eigenvalue weighted by Crippen LogP contribution is -3.00. The quantitative estimate of drug-likeness (QED) is 0.761. The number of H-pyrrole nitrogens is 1. The zero-order chi connectivity index (χ0) is 16.7. The van der Waals surface area contributed by atoms with E-state index < -0.39 is 6.04 Å². The second-order valence-electron chi connectivity index (χ2n) is 5.77. The largest absolute Gasteiger partial charge is 0.624 e. The Morgan fingerprint density at radius 1 is 1.50 bits per heavy atom. The molecule has 4 heterocycles. The van der Waals surface area contributed by atoms with Gasteiger partial charge in [0.1, 0.15) is 24.2 Å². The molecule has 8 heteroatoms. The predicted molar refractivity (Wildman–Crippen MR) is 84.6 cm³/mol. The van der Waals surface area contributed by atoms with Crippen LogP contribution in [0.5, 0.6) is 0 Å². The number of hydrogen-bond acceptors (Lipinski definition) is 5. The van der Waals surface area contributed by atoms with Crippen LogP contribution in [0.15, 0.2) is 36.6 Å². The molecule has 4 rings (SSSR count). The summed E-state index contributed by atoms with van der Waals surface area (Å²) in [6.45, 7) is 0.507. The van der Waals surface area contributed by atoms with E-state index in [1.807, 2.05) is 6.07 Å². The first-order valence-corrected chi connectivity index (χ1v) is 7.66. The van der Waals surface area contributed by atoms with Crippen molar-refractivity contribution in [2.75, 3.05) is 6.54 Å². The first-order chi connectivity index (χ1) is 11.7. The van der Waals surface area contributed by atoms with Crippen molar-refractivity contribution in [3.63, 3.8) is 0 Å². The molecule has 1 fully saturated rings. The van der Waals surface area contributed by atoms with Gasteiger partial charge in [-0.1, -0.05) is 0 Å². The van der Waals surface area contributed by atoms with Crippen molar-refractivity contribution in [2.24, 2.45) is 0 Å². The SMILES string of the molecule is N#CC1CCCN1C(=O)C1=CC(c2ncnc3[nH]ccc23)=C[NH+]1[O-]. The Morgan fingerprint density at radius 2 is 2.38 bits per heavy atom. The van der Waals surface area contributed by atoms with Gasteiger partial charge < -0.3 is 20.2 Å². The van der Waals surface area contributed by atoms with E-state index in [1.54, 1.807) is 12.3 Å². The van der Waals surface area contributed by atoms with E-state index in [1.165, 1.54) is 17.4 Å². The van der Waals surface area contributed by atoms with Crippen LogP contribution >= 0.6 is 0 Å². The molecule has 8 nitrogen and oxygen atoms in total. The number of hydroxylamine groups is 2. The Labute approximate surface area is 137 Å². The van der Waals surface area contributed by atoms with Crippen molar-refractivity contribution in [3.8, 4) is 6.07 Å². The number of aromatic amines is 1. The van der Waals surface area contributed by atoms with E-state index in [0.29, 0.717) is 29.9 Å². The number of carbonyl (C=O) groups is 1. The maximum absolute atomic E-state index is 12.6. The van der Waals surface area contributed by atoms with Crippen molar-refractivity contribution in [1.29, 1.82) is 5.26 Å². The molecule has 0 bridgehead atoms. The number of likely N-dealkylation sites (tertiary alicyclic amines) is 1. The molecule has 1 saturated heterocycles. The third kappa shape index (κ3) is 2.19. The lowest BCUT2D eigenvalue weighted by Gasteiger charge is -2.23. The average Bonchev–Trinajstić information content (AvgIpc) is 3.32. The van der Waals surface area contributed by atoms with Crippen molar-refractivity contribution in [1.82, 2.24) is 19.9 Å². The fraction of sp³-hybridized carbons (Fsp3) is 0.250. The average molecular weight is 322 g/mol. The maximum Gasteiger partial charge on any atom is 0.309 e. The van der Waals surface area contributed by atoms with E-state index >= 15 is 0 Å². The molecule has 1 amide bonds. The smallest absolute Gasteiger partial charge is 0.309 e. The number of aromatic nitrogens is 3. The molecule has 24 heavy (non-hydrogen) atoms. The van der Waals surface area contributed by atoms with Crippen molar-refractivity contribution in [3.05, 3.63) is 47.5 Å². The van der Waals surface area contributed by atoms with Gasteiger partial charge in [0.2, 0.25) is 5.70 Å². The summed E-state index contributed by atoms with van der Waals surface area (Å²) in [5.41, 5.74) is 1.96. The van der Waals surface area contributed by atoms with Crippen LogP contribution in [0.3, 0.4) is 0 Å². The van der Waals surface area contributed by atoms with Gasteiger partial charge in [0.15, 0.2) is 0 Å². The number of nitrogens with zero attached hydrogens (tertiary/aromatic N) is 4. The molecule has 0 radical (unpaired) electrons. The summed E-state index contributed by atoms with van der Waals surface area (Å²) in [7, 11) is 0. The summed E-state index contributed by atoms with van der Waals surface area (Å²) in [4.78, 5) is 25.5. The fourth-order valence-corrected chi connectivity index (χ4v) is 3.19. The molecule has 2 atom stereocenters. The normalized spacial score (nSPS) is 23.2. The van der Waals surface area contributed by atoms with E-state index in [-0.39, 0.29) is 16.7 Å². The maximum atomic E-state index is 12.6. The Kier molecular flexibility index (Phi) is 3.37. The van der Waals surface area contributed by atoms with Crippen LogP contribution in [0.1, 0.15) is 18.5 Å². The summed E-state index contributed by atoms with van der Waals surface area (Å²) < 4.78 is 0. The van der Waals surface area contributed by atoms with E-state index in [0.717, 1.165) is 11.8 Å². The molecule has 2 aliphatic heterocycles. The van der Waals surface area contributed by atoms with Gasteiger partial charge in [-0.25, -0.2) is 9.97 Å². The van der Waals surface area contributed by atoms with Gasteiger partial charge in [0, 0.05) is 24.2 Å². The van der Waals surface area contributed by atoms with Crippen LogP contribution in [0.25, 0.3) is 16.6 Å². The topological polar surface area (TPSA) is 113 Å². The number of hydrogen-bond donors (Lipinski definition) is 2. The minimum Gasteiger partial charge on any atom is -0.624 e. The number of rotatable bonds is 2. The van der Waals surface area contributed by atoms with Crippen molar-refractivity contribution in [2.45, 2.75) is 18.9 Å². The number of nitriles is 1. The molecule has 2 unspecified atom stereocenters. The molecular formula is C16H14N6O2. The zero-order valence-electron chi connectivity index (χ0n) is 12.7. The summed E-state index contributed by atoms with van der Waals surface area (Å²) >= 11 is 0. The minimum atomic E-state index is -0.453. The molecule has 2 aromatic rings. The number of amides is 1. The first kappa shape index (κ1) is 14.6. The highest BCUT2D eigenvalue weighted by atomic mass is 16.5. The third-order valence-electron chi connectivity index (χ3n) is 4.37. The Balaban J connectivity index is 1.68. The van der Waals surface area contributed by atoms with Crippen LogP contribution in [0, 0.1) is 16.5 Å². The Bertz CT molecular complexity index is 922. The molecule has 0 saturated carbocycles. The summed E-state index contributed by atoms with van der Waals surface area (Å²) in [5.74, 6) is -0.380. The highest BCUT2D eigenvalue weighted by Crippen LogP contribution is 2.25. The summed E-state index contributed by atoms with van der Waals surface area (Å²) in [6, 6.07) is 3.50. The number of nitrogens with one attached hydrogen (secondary N) is 2. The minimum absolute atomic E-state index is 0.0921. The van der Waals surface area contributed by atoms with Gasteiger partial charge in [-0.2, -0.15) is 5.26 Å². The molecule has 2 aliphatic rings. The van der Waals surface area contributed by atoms with Crippen LogP contribution in [0.4, 0.5) is 0 Å². The zero-order valence-corrected chi connectivity index (χ0v) is 12.7. The number of carbonyl (C=O) groups excluding carboxylic acids is 1. The first-order valence-electron chi connectivity index (χ1n) is 7.66. The molecule has 0 aromatic carbocycles. The van der Waals surface area contributed by atoms with Crippen LogP contribution in [-0.4, -0.2) is 38.3 Å². The summed E-state index contributed by atoms with van der Waals surface area (Å²) in [5, 5.41) is 21.9. The highest BCUT2D eigenvalue weighted by molar-refractivity contribution is 5.98. The van der Waals surface area contributed by atoms with Crippen molar-refractivity contribution < 1.29 is 9.86 Å². The highest BCUT2D eigenvalue weighted by Gasteiger charge is 2.35. The molecule has 0 aliphatic carbocycles. The second kappa shape index (κ2) is 5.56. The van der Waals surface area contributed by atoms with Gasteiger partial charge in [-0.05, 0) is 18.9 Å². The number of allylic oxidation sites excluding steroid dienone is 2. The van der Waals surface area contributed by atoms with Crippen molar-refractivity contribution >= 4 is 22.5 Å². The predicted octanol–water partition coefficient (Wildman–Crippen LogP) is 0.0936. The lowest BCUT2D eigenvalue weighted by molar-refractivity contribution is -0.737. The van der Waals surface area contributed by atoms with E-state index in [9.17, 15) is 10.0 Å². The number of quaternary nitrogens is 1. The van der Waals surface area contributed by atoms with Crippen LogP contribution < -0.4 is 5.06 Å². The lowest BCUT2D eigenvalue weighted by atomic mass is 10.1. The Hall–Kier alpha value is -3.02. The molecule has 2 N–H and O–H groups in total. The van der Waals surface area contributed by atoms with E-state index in [4.69, 9.17) is 5.26 Å². The third-order valence-corrected chi connectivity index (χ3v) is 4.37. The molecular weight excluding hydrogens is 308 g/mol. The standard InChI is InChI=1S/C16H14N6O2/c17-7-11-2-1-5-21(11)16(23)13-6-10(8-22(13)24)14-12-3-4-18-15(12)20-9-19-14/h3-4,6,8-9,11,22H,1-2,5H2,(H,18,19,20). The van der Waals surface area contributed by atoms with Gasteiger partial charge in [-0.15, -0.1) is 0 Å². The fourth-order valence-electron chi connectivity index (χ4n) is 3.19. The summed E-state index contributed by atoms with van der Waals surface area (Å²) in [6.07, 6.45) is 7.57. The van der Waals surface area contributed by atoms with Gasteiger partial charge in [-0.3, -0.25) is 4.79 Å². The molecule has 0 spiro atoms. The van der Waals surface area contributed by atoms with Gasteiger partial charge >= 0.3 is 5.91 Å². The van der Waals surface area contributed by atoms with E-state index in [2.05, 4.69) is 21.0 Å². The van der Waals surface area contributed by atoms with Gasteiger partial charge in [0.05, 0.1) is 17.3 Å². The number of fused-ring (bicyclic) bond motifs is 1. The van der Waals surface area contributed by atoms with Crippen LogP contribution in [0.2, 0.25) is 0 Å². The van der Waals surface area contributed by atoms with Crippen LogP contribution in [-0.2, 0) is 4.79 Å².